The summed E-state index contributed by atoms with van der Waals surface area (Å²) in [6, 6.07) is 1.96. The number of carboxylic acid groups (broad SMARTS) is 1. The highest BCUT2D eigenvalue weighted by Gasteiger charge is 2.30. The van der Waals surface area contributed by atoms with E-state index in [1.54, 1.807) is 0 Å². The summed E-state index contributed by atoms with van der Waals surface area (Å²) in [7, 11) is 0. The molecule has 0 aliphatic heterocycles. The van der Waals surface area contributed by atoms with Crippen LogP contribution in [0.15, 0.2) is 12.1 Å². The average molecular weight is 334 g/mol. The normalized spacial score (nSPS) is 15.2. The summed E-state index contributed by atoms with van der Waals surface area (Å²) in [5.74, 6) is -2.45. The maximum Gasteiger partial charge on any atom is 0.323 e. The molecule has 7 heteroatoms. The summed E-state index contributed by atoms with van der Waals surface area (Å²) in [5, 5.41) is 8.82. The van der Waals surface area contributed by atoms with Gasteiger partial charge in [0.1, 0.15) is 12.4 Å². The number of benzene rings is 1. The summed E-state index contributed by atoms with van der Waals surface area (Å²) < 4.78 is 13.5. The van der Waals surface area contributed by atoms with Crippen LogP contribution in [0.3, 0.4) is 0 Å². The Kier molecular flexibility index (Phi) is 5.06. The fourth-order valence-electron chi connectivity index (χ4n) is 2.57. The van der Waals surface area contributed by atoms with E-state index in [-0.39, 0.29) is 21.7 Å². The van der Waals surface area contributed by atoms with Crippen molar-refractivity contribution in [3.8, 4) is 0 Å². The summed E-state index contributed by atoms with van der Waals surface area (Å²) in [6.07, 6.45) is 3.37. The van der Waals surface area contributed by atoms with Crippen LogP contribution in [0, 0.1) is 5.82 Å². The maximum absolute atomic E-state index is 13.5. The van der Waals surface area contributed by atoms with E-state index in [0.29, 0.717) is 0 Å². The van der Waals surface area contributed by atoms with Crippen LogP contribution in [0.1, 0.15) is 36.0 Å². The van der Waals surface area contributed by atoms with Gasteiger partial charge < -0.3 is 10.0 Å². The van der Waals surface area contributed by atoms with Crippen molar-refractivity contribution in [2.24, 2.45) is 0 Å². The molecular weight excluding hydrogens is 320 g/mol. The SMILES string of the molecule is O=C(O)CN(C(=O)c1cc(F)c(Cl)cc1Cl)C1CCCC1. The van der Waals surface area contributed by atoms with E-state index in [4.69, 9.17) is 28.3 Å². The molecule has 114 valence electrons. The second-order valence-electron chi connectivity index (χ2n) is 5.01. The molecule has 2 rings (SSSR count). The maximum atomic E-state index is 13.5. The summed E-state index contributed by atoms with van der Waals surface area (Å²) >= 11 is 11.5. The molecule has 1 aromatic rings. The van der Waals surface area contributed by atoms with Crippen LogP contribution in [0.5, 0.6) is 0 Å². The fraction of sp³-hybridized carbons (Fsp3) is 0.429. The van der Waals surface area contributed by atoms with Gasteiger partial charge in [0.05, 0.1) is 15.6 Å². The number of amides is 1. The predicted molar refractivity (Wildman–Crippen MR) is 77.3 cm³/mol. The van der Waals surface area contributed by atoms with Crippen molar-refractivity contribution in [3.63, 3.8) is 0 Å². The lowest BCUT2D eigenvalue weighted by atomic mass is 10.1. The molecule has 1 aromatic carbocycles. The molecule has 21 heavy (non-hydrogen) atoms. The zero-order chi connectivity index (χ0) is 15.6. The van der Waals surface area contributed by atoms with E-state index < -0.39 is 24.2 Å². The van der Waals surface area contributed by atoms with E-state index in [2.05, 4.69) is 0 Å². The minimum absolute atomic E-state index is 0.0137. The van der Waals surface area contributed by atoms with Crippen LogP contribution < -0.4 is 0 Å². The fourth-order valence-corrected chi connectivity index (χ4v) is 3.03. The molecule has 0 aromatic heterocycles. The number of carbonyl (C=O) groups excluding carboxylic acids is 1. The number of aliphatic carboxylic acids is 1. The molecule has 0 unspecified atom stereocenters. The van der Waals surface area contributed by atoms with E-state index in [1.807, 2.05) is 0 Å². The molecule has 1 fully saturated rings. The van der Waals surface area contributed by atoms with Gasteiger partial charge in [-0.3, -0.25) is 9.59 Å². The minimum Gasteiger partial charge on any atom is -0.480 e. The second-order valence-corrected chi connectivity index (χ2v) is 5.83. The number of nitrogens with zero attached hydrogens (tertiary/aromatic N) is 1. The first kappa shape index (κ1) is 16.0. The van der Waals surface area contributed by atoms with Gasteiger partial charge in [-0.15, -0.1) is 0 Å². The molecule has 1 aliphatic carbocycles. The highest BCUT2D eigenvalue weighted by atomic mass is 35.5. The molecule has 1 amide bonds. The molecule has 1 N–H and O–H groups in total. The van der Waals surface area contributed by atoms with Crippen molar-refractivity contribution in [1.29, 1.82) is 0 Å². The van der Waals surface area contributed by atoms with Gasteiger partial charge in [0, 0.05) is 6.04 Å². The van der Waals surface area contributed by atoms with Crippen molar-refractivity contribution >= 4 is 35.1 Å². The molecule has 0 heterocycles. The smallest absolute Gasteiger partial charge is 0.323 e. The molecule has 4 nitrogen and oxygen atoms in total. The van der Waals surface area contributed by atoms with Crippen molar-refractivity contribution in [1.82, 2.24) is 4.90 Å². The van der Waals surface area contributed by atoms with Crippen molar-refractivity contribution < 1.29 is 19.1 Å². The monoisotopic (exact) mass is 333 g/mol. The summed E-state index contributed by atoms with van der Waals surface area (Å²) in [6.45, 7) is -0.427. The number of rotatable bonds is 4. The van der Waals surface area contributed by atoms with Crippen LogP contribution >= 0.6 is 23.2 Å². The van der Waals surface area contributed by atoms with Gasteiger partial charge in [-0.1, -0.05) is 36.0 Å². The Bertz CT molecular complexity index is 574. The van der Waals surface area contributed by atoms with Crippen molar-refractivity contribution in [2.75, 3.05) is 6.54 Å². The molecule has 0 saturated heterocycles. The highest BCUT2D eigenvalue weighted by molar-refractivity contribution is 6.36. The van der Waals surface area contributed by atoms with Gasteiger partial charge in [0.2, 0.25) is 0 Å². The van der Waals surface area contributed by atoms with Gasteiger partial charge in [0.25, 0.3) is 5.91 Å². The predicted octanol–water partition coefficient (Wildman–Crippen LogP) is 3.60. The lowest BCUT2D eigenvalue weighted by Crippen LogP contribution is -2.42. The number of carbonyl (C=O) groups is 2. The zero-order valence-electron chi connectivity index (χ0n) is 11.1. The van der Waals surface area contributed by atoms with Crippen LogP contribution in [0.2, 0.25) is 10.0 Å². The van der Waals surface area contributed by atoms with E-state index >= 15 is 0 Å². The first-order chi connectivity index (χ1) is 9.90. The van der Waals surface area contributed by atoms with Gasteiger partial charge in [-0.05, 0) is 25.0 Å². The average Bonchev–Trinajstić information content (AvgIpc) is 2.93. The number of halogens is 3. The number of hydrogen-bond acceptors (Lipinski definition) is 2. The molecule has 0 bridgehead atoms. The van der Waals surface area contributed by atoms with Gasteiger partial charge in [-0.2, -0.15) is 0 Å². The highest BCUT2D eigenvalue weighted by Crippen LogP contribution is 2.29. The lowest BCUT2D eigenvalue weighted by Gasteiger charge is -2.27. The third-order valence-electron chi connectivity index (χ3n) is 3.57. The molecule has 1 saturated carbocycles. The Morgan fingerprint density at radius 3 is 2.43 bits per heavy atom. The third-order valence-corrected chi connectivity index (χ3v) is 4.17. The van der Waals surface area contributed by atoms with Crippen LogP contribution in [-0.4, -0.2) is 34.5 Å². The third kappa shape index (κ3) is 3.66. The topological polar surface area (TPSA) is 57.6 Å². The van der Waals surface area contributed by atoms with Gasteiger partial charge in [-0.25, -0.2) is 4.39 Å². The first-order valence-electron chi connectivity index (χ1n) is 6.57. The standard InChI is InChI=1S/C14H14Cl2FNO3/c15-10-6-11(16)12(17)5-9(10)14(21)18(7-13(19)20)8-3-1-2-4-8/h5-6,8H,1-4,7H2,(H,19,20). The Hall–Kier alpha value is -1.33. The molecule has 0 atom stereocenters. The minimum atomic E-state index is -1.11. The Balaban J connectivity index is 2.33. The Morgan fingerprint density at radius 2 is 1.86 bits per heavy atom. The Morgan fingerprint density at radius 1 is 1.24 bits per heavy atom. The second kappa shape index (κ2) is 6.62. The molecule has 1 aliphatic rings. The molecule has 0 radical (unpaired) electrons. The van der Waals surface area contributed by atoms with Gasteiger partial charge in [0.15, 0.2) is 0 Å². The Labute approximate surface area is 131 Å². The largest absolute Gasteiger partial charge is 0.480 e. The van der Waals surface area contributed by atoms with E-state index in [1.165, 1.54) is 4.90 Å². The van der Waals surface area contributed by atoms with Crippen molar-refractivity contribution in [3.05, 3.63) is 33.6 Å². The van der Waals surface area contributed by atoms with Crippen LogP contribution in [-0.2, 0) is 4.79 Å². The van der Waals surface area contributed by atoms with E-state index in [9.17, 15) is 14.0 Å². The lowest BCUT2D eigenvalue weighted by molar-refractivity contribution is -0.138. The quantitative estimate of drug-likeness (QED) is 0.856. The summed E-state index contributed by atoms with van der Waals surface area (Å²) in [5.41, 5.74) is -0.0632. The molecular formula is C14H14Cl2FNO3. The van der Waals surface area contributed by atoms with Crippen LogP contribution in [0.25, 0.3) is 0 Å². The molecule has 0 spiro atoms. The number of carboxylic acids is 1. The summed E-state index contributed by atoms with van der Waals surface area (Å²) in [4.78, 5) is 24.8. The van der Waals surface area contributed by atoms with Crippen LogP contribution in [0.4, 0.5) is 4.39 Å². The first-order valence-corrected chi connectivity index (χ1v) is 7.33. The zero-order valence-corrected chi connectivity index (χ0v) is 12.6. The number of hydrogen-bond donors (Lipinski definition) is 1. The van der Waals surface area contributed by atoms with E-state index in [0.717, 1.165) is 37.8 Å². The van der Waals surface area contributed by atoms with Crippen molar-refractivity contribution in [2.45, 2.75) is 31.7 Å². The van der Waals surface area contributed by atoms with Gasteiger partial charge >= 0.3 is 5.97 Å².